The zero-order valence-corrected chi connectivity index (χ0v) is 15.4. The van der Waals surface area contributed by atoms with E-state index in [2.05, 4.69) is 5.32 Å². The van der Waals surface area contributed by atoms with Crippen LogP contribution >= 0.6 is 0 Å². The Morgan fingerprint density at radius 1 is 1.12 bits per heavy atom. The minimum atomic E-state index is -3.25. The van der Waals surface area contributed by atoms with Crippen molar-refractivity contribution in [3.8, 4) is 5.75 Å². The molecule has 1 atom stereocenters. The number of hydrogen-bond donors (Lipinski definition) is 1. The van der Waals surface area contributed by atoms with Crippen molar-refractivity contribution in [2.24, 2.45) is 5.92 Å². The molecule has 1 aromatic carbocycles. The quantitative estimate of drug-likeness (QED) is 0.869. The molecule has 0 aromatic heterocycles. The van der Waals surface area contributed by atoms with Crippen LogP contribution in [0.3, 0.4) is 0 Å². The molecule has 1 saturated heterocycles. The van der Waals surface area contributed by atoms with Crippen LogP contribution in [0.4, 0.5) is 5.69 Å². The van der Waals surface area contributed by atoms with E-state index >= 15 is 0 Å². The number of sulfonamides is 1. The Labute approximate surface area is 149 Å². The molecule has 3 rings (SSSR count). The average Bonchev–Trinajstić information content (AvgIpc) is 3.09. The summed E-state index contributed by atoms with van der Waals surface area (Å²) < 4.78 is 30.7. The summed E-state index contributed by atoms with van der Waals surface area (Å²) in [4.78, 5) is 12.4. The maximum Gasteiger partial charge on any atom is 0.228 e. The van der Waals surface area contributed by atoms with Gasteiger partial charge in [0.1, 0.15) is 5.75 Å². The molecule has 1 N–H and O–H groups in total. The summed E-state index contributed by atoms with van der Waals surface area (Å²) in [7, 11) is -3.25. The molecule has 6 nitrogen and oxygen atoms in total. The van der Waals surface area contributed by atoms with Gasteiger partial charge in [-0.2, -0.15) is 0 Å². The predicted octanol–water partition coefficient (Wildman–Crippen LogP) is 2.62. The van der Waals surface area contributed by atoms with Gasteiger partial charge in [-0.05, 0) is 62.8 Å². The van der Waals surface area contributed by atoms with E-state index in [1.165, 1.54) is 23.4 Å². The third kappa shape index (κ3) is 4.95. The molecule has 1 aliphatic heterocycles. The highest BCUT2D eigenvalue weighted by Gasteiger charge is 2.30. The van der Waals surface area contributed by atoms with Gasteiger partial charge in [0.25, 0.3) is 0 Å². The van der Waals surface area contributed by atoms with Gasteiger partial charge in [-0.3, -0.25) is 4.79 Å². The van der Waals surface area contributed by atoms with E-state index in [1.54, 1.807) is 0 Å². The summed E-state index contributed by atoms with van der Waals surface area (Å²) in [5.41, 5.74) is 0.709. The van der Waals surface area contributed by atoms with Crippen molar-refractivity contribution >= 4 is 21.6 Å². The topological polar surface area (TPSA) is 75.7 Å². The number of ether oxygens (including phenoxy) is 1. The lowest BCUT2D eigenvalue weighted by molar-refractivity contribution is -0.120. The van der Waals surface area contributed by atoms with Crippen molar-refractivity contribution in [2.75, 3.05) is 24.7 Å². The zero-order chi connectivity index (χ0) is 17.9. The van der Waals surface area contributed by atoms with Crippen LogP contribution in [0.2, 0.25) is 0 Å². The number of rotatable bonds is 5. The molecule has 1 aromatic rings. The molecular weight excluding hydrogens is 340 g/mol. The van der Waals surface area contributed by atoms with Gasteiger partial charge >= 0.3 is 0 Å². The molecule has 138 valence electrons. The number of piperidine rings is 1. The number of nitrogens with zero attached hydrogens (tertiary/aromatic N) is 1. The van der Waals surface area contributed by atoms with Crippen LogP contribution in [0.5, 0.6) is 5.75 Å². The zero-order valence-electron chi connectivity index (χ0n) is 14.6. The Bertz CT molecular complexity index is 696. The van der Waals surface area contributed by atoms with E-state index in [-0.39, 0.29) is 18.4 Å². The van der Waals surface area contributed by atoms with Crippen molar-refractivity contribution in [1.82, 2.24) is 4.31 Å². The van der Waals surface area contributed by atoms with Crippen molar-refractivity contribution in [3.05, 3.63) is 24.3 Å². The number of hydrogen-bond acceptors (Lipinski definition) is 4. The van der Waals surface area contributed by atoms with Crippen molar-refractivity contribution < 1.29 is 17.9 Å². The van der Waals surface area contributed by atoms with Crippen LogP contribution in [0, 0.1) is 5.92 Å². The fourth-order valence-electron chi connectivity index (χ4n) is 3.52. The lowest BCUT2D eigenvalue weighted by Gasteiger charge is -2.30. The Hall–Kier alpha value is -1.60. The standard InChI is InChI=1S/C18H26N2O4S/c1-25(22,23)20-12-4-5-14(13-20)18(21)19-15-8-10-17(11-9-15)24-16-6-2-3-7-16/h8-11,14,16H,2-7,12-13H2,1H3,(H,19,21). The number of amides is 1. The molecule has 0 spiro atoms. The van der Waals surface area contributed by atoms with Gasteiger partial charge in [0.15, 0.2) is 0 Å². The fourth-order valence-corrected chi connectivity index (χ4v) is 4.43. The van der Waals surface area contributed by atoms with Gasteiger partial charge < -0.3 is 10.1 Å². The molecule has 1 heterocycles. The van der Waals surface area contributed by atoms with Crippen molar-refractivity contribution in [1.29, 1.82) is 0 Å². The highest BCUT2D eigenvalue weighted by Crippen LogP contribution is 2.25. The van der Waals surface area contributed by atoms with E-state index in [0.717, 1.165) is 18.6 Å². The van der Waals surface area contributed by atoms with Crippen LogP contribution in [-0.4, -0.2) is 44.1 Å². The van der Waals surface area contributed by atoms with Crippen molar-refractivity contribution in [3.63, 3.8) is 0 Å². The van der Waals surface area contributed by atoms with E-state index in [1.807, 2.05) is 24.3 Å². The van der Waals surface area contributed by atoms with Crippen LogP contribution in [0.1, 0.15) is 38.5 Å². The van der Waals surface area contributed by atoms with Gasteiger partial charge in [-0.25, -0.2) is 12.7 Å². The van der Waals surface area contributed by atoms with E-state index in [4.69, 9.17) is 4.74 Å². The molecular formula is C18H26N2O4S. The summed E-state index contributed by atoms with van der Waals surface area (Å²) >= 11 is 0. The maximum atomic E-state index is 12.4. The molecule has 7 heteroatoms. The van der Waals surface area contributed by atoms with Gasteiger partial charge in [-0.15, -0.1) is 0 Å². The Kier molecular flexibility index (Phi) is 5.64. The first-order valence-corrected chi connectivity index (χ1v) is 10.8. The number of carbonyl (C=O) groups excluding carboxylic acids is 1. The summed E-state index contributed by atoms with van der Waals surface area (Å²) in [5, 5.41) is 2.89. The first-order valence-electron chi connectivity index (χ1n) is 8.94. The van der Waals surface area contributed by atoms with E-state index in [0.29, 0.717) is 31.2 Å². The van der Waals surface area contributed by atoms with Crippen LogP contribution in [-0.2, 0) is 14.8 Å². The van der Waals surface area contributed by atoms with Crippen LogP contribution < -0.4 is 10.1 Å². The smallest absolute Gasteiger partial charge is 0.228 e. The molecule has 2 fully saturated rings. The van der Waals surface area contributed by atoms with Crippen molar-refractivity contribution in [2.45, 2.75) is 44.6 Å². The third-order valence-electron chi connectivity index (χ3n) is 4.95. The second kappa shape index (κ2) is 7.74. The highest BCUT2D eigenvalue weighted by atomic mass is 32.2. The number of carbonyl (C=O) groups is 1. The minimum Gasteiger partial charge on any atom is -0.490 e. The van der Waals surface area contributed by atoms with Gasteiger partial charge in [0.2, 0.25) is 15.9 Å². The molecule has 25 heavy (non-hydrogen) atoms. The van der Waals surface area contributed by atoms with Crippen LogP contribution in [0.15, 0.2) is 24.3 Å². The molecule has 1 aliphatic carbocycles. The largest absolute Gasteiger partial charge is 0.490 e. The Morgan fingerprint density at radius 3 is 2.44 bits per heavy atom. The average molecular weight is 366 g/mol. The lowest BCUT2D eigenvalue weighted by atomic mass is 9.99. The van der Waals surface area contributed by atoms with E-state index < -0.39 is 10.0 Å². The summed E-state index contributed by atoms with van der Waals surface area (Å²) in [6.07, 6.45) is 7.59. The number of benzene rings is 1. The third-order valence-corrected chi connectivity index (χ3v) is 6.22. The first kappa shape index (κ1) is 18.2. The molecule has 1 unspecified atom stereocenters. The molecule has 2 aliphatic rings. The normalized spacial score (nSPS) is 22.7. The second-order valence-corrected chi connectivity index (χ2v) is 8.98. The van der Waals surface area contributed by atoms with E-state index in [9.17, 15) is 13.2 Å². The predicted molar refractivity (Wildman–Crippen MR) is 97.1 cm³/mol. The van der Waals surface area contributed by atoms with Gasteiger partial charge in [0, 0.05) is 18.8 Å². The SMILES string of the molecule is CS(=O)(=O)N1CCCC(C(=O)Nc2ccc(OC3CCCC3)cc2)C1. The molecule has 0 radical (unpaired) electrons. The van der Waals surface area contributed by atoms with Gasteiger partial charge in [0.05, 0.1) is 18.3 Å². The lowest BCUT2D eigenvalue weighted by Crippen LogP contribution is -2.43. The fraction of sp³-hybridized carbons (Fsp3) is 0.611. The molecule has 1 saturated carbocycles. The monoisotopic (exact) mass is 366 g/mol. The minimum absolute atomic E-state index is 0.127. The summed E-state index contributed by atoms with van der Waals surface area (Å²) in [6.45, 7) is 0.753. The highest BCUT2D eigenvalue weighted by molar-refractivity contribution is 7.88. The Morgan fingerprint density at radius 2 is 1.80 bits per heavy atom. The Balaban J connectivity index is 1.55. The maximum absolute atomic E-state index is 12.4. The number of anilines is 1. The first-order chi connectivity index (χ1) is 11.9. The molecule has 1 amide bonds. The van der Waals surface area contributed by atoms with Crippen LogP contribution in [0.25, 0.3) is 0 Å². The summed E-state index contributed by atoms with van der Waals surface area (Å²) in [5.74, 6) is 0.390. The second-order valence-electron chi connectivity index (χ2n) is 7.00. The summed E-state index contributed by atoms with van der Waals surface area (Å²) in [6, 6.07) is 7.41. The van der Waals surface area contributed by atoms with Gasteiger partial charge in [-0.1, -0.05) is 0 Å². The number of nitrogens with one attached hydrogen (secondary N) is 1. The molecule has 0 bridgehead atoms.